The van der Waals surface area contributed by atoms with Gasteiger partial charge in [0.2, 0.25) is 5.91 Å². The minimum absolute atomic E-state index is 0.0214. The largest absolute Gasteiger partial charge is 0.395 e. The molecule has 2 unspecified atom stereocenters. The summed E-state index contributed by atoms with van der Waals surface area (Å²) in [6.45, 7) is 7.75. The number of aryl methyl sites for hydroxylation is 2. The lowest BCUT2D eigenvalue weighted by Gasteiger charge is -2.38. The quantitative estimate of drug-likeness (QED) is 0.848. The van der Waals surface area contributed by atoms with E-state index in [1.165, 1.54) is 11.1 Å². The molecule has 128 valence electrons. The van der Waals surface area contributed by atoms with Gasteiger partial charge in [-0.3, -0.25) is 9.69 Å². The van der Waals surface area contributed by atoms with E-state index in [0.29, 0.717) is 12.5 Å². The van der Waals surface area contributed by atoms with Crippen molar-refractivity contribution < 1.29 is 9.90 Å². The van der Waals surface area contributed by atoms with Crippen LogP contribution in [0, 0.1) is 5.92 Å². The van der Waals surface area contributed by atoms with Crippen LogP contribution < -0.4 is 5.32 Å². The summed E-state index contributed by atoms with van der Waals surface area (Å²) in [4.78, 5) is 14.7. The second-order valence-corrected chi connectivity index (χ2v) is 6.55. The molecule has 2 N–H and O–H groups in total. The molecule has 1 fully saturated rings. The van der Waals surface area contributed by atoms with Gasteiger partial charge in [0.15, 0.2) is 0 Å². The first-order valence-corrected chi connectivity index (χ1v) is 8.86. The summed E-state index contributed by atoms with van der Waals surface area (Å²) in [5.74, 6) is 0.462. The lowest BCUT2D eigenvalue weighted by atomic mass is 9.91. The summed E-state index contributed by atoms with van der Waals surface area (Å²) < 4.78 is 0. The van der Waals surface area contributed by atoms with Crippen LogP contribution in [0.15, 0.2) is 18.2 Å². The van der Waals surface area contributed by atoms with E-state index in [4.69, 9.17) is 0 Å². The number of carbonyl (C=O) groups excluding carboxylic acids is 1. The van der Waals surface area contributed by atoms with Crippen LogP contribution in [0.1, 0.15) is 44.7 Å². The summed E-state index contributed by atoms with van der Waals surface area (Å²) in [5.41, 5.74) is 3.35. The summed E-state index contributed by atoms with van der Waals surface area (Å²) in [5, 5.41) is 12.8. The van der Waals surface area contributed by atoms with Gasteiger partial charge < -0.3 is 10.4 Å². The number of para-hydroxylation sites is 1. The van der Waals surface area contributed by atoms with Crippen LogP contribution in [0.2, 0.25) is 0 Å². The van der Waals surface area contributed by atoms with Crippen LogP contribution in [0.3, 0.4) is 0 Å². The number of anilines is 1. The average molecular weight is 318 g/mol. The van der Waals surface area contributed by atoms with Gasteiger partial charge in [0, 0.05) is 11.7 Å². The highest BCUT2D eigenvalue weighted by Gasteiger charge is 2.29. The number of hydrogen-bond donors (Lipinski definition) is 2. The summed E-state index contributed by atoms with van der Waals surface area (Å²) >= 11 is 0. The van der Waals surface area contributed by atoms with E-state index in [1.807, 2.05) is 0 Å². The molecule has 1 amide bonds. The molecule has 0 spiro atoms. The fourth-order valence-corrected chi connectivity index (χ4v) is 3.59. The number of carbonyl (C=O) groups is 1. The number of amides is 1. The van der Waals surface area contributed by atoms with E-state index in [-0.39, 0.29) is 18.6 Å². The molecule has 1 aliphatic rings. The van der Waals surface area contributed by atoms with Crippen LogP contribution in [-0.4, -0.2) is 41.7 Å². The van der Waals surface area contributed by atoms with Gasteiger partial charge in [-0.15, -0.1) is 0 Å². The SMILES string of the molecule is CCc1cccc(CC)c1NC(=O)CN1CCCC(C)C1CO. The maximum atomic E-state index is 12.6. The Bertz CT molecular complexity index is 508. The van der Waals surface area contributed by atoms with Gasteiger partial charge in [-0.1, -0.05) is 39.0 Å². The zero-order valence-electron chi connectivity index (χ0n) is 14.6. The van der Waals surface area contributed by atoms with Gasteiger partial charge in [-0.05, 0) is 49.3 Å². The van der Waals surface area contributed by atoms with E-state index >= 15 is 0 Å². The number of hydrogen-bond acceptors (Lipinski definition) is 3. The van der Waals surface area contributed by atoms with E-state index in [0.717, 1.165) is 37.9 Å². The van der Waals surface area contributed by atoms with Crippen LogP contribution in [0.5, 0.6) is 0 Å². The first kappa shape index (κ1) is 18.0. The van der Waals surface area contributed by atoms with Crippen LogP contribution in [0.25, 0.3) is 0 Å². The Balaban J connectivity index is 2.07. The molecule has 1 aromatic rings. The second-order valence-electron chi connectivity index (χ2n) is 6.55. The molecule has 0 bridgehead atoms. The number of aliphatic hydroxyl groups excluding tert-OH is 1. The molecule has 0 saturated carbocycles. The summed E-state index contributed by atoms with van der Waals surface area (Å²) in [7, 11) is 0. The van der Waals surface area contributed by atoms with Crippen molar-refractivity contribution in [1.82, 2.24) is 4.90 Å². The monoisotopic (exact) mass is 318 g/mol. The van der Waals surface area contributed by atoms with E-state index in [2.05, 4.69) is 49.2 Å². The minimum atomic E-state index is 0.0214. The number of benzene rings is 1. The third kappa shape index (κ3) is 4.33. The maximum absolute atomic E-state index is 12.6. The van der Waals surface area contributed by atoms with Crippen LogP contribution in [-0.2, 0) is 17.6 Å². The highest BCUT2D eigenvalue weighted by molar-refractivity contribution is 5.93. The minimum Gasteiger partial charge on any atom is -0.395 e. The average Bonchev–Trinajstić information content (AvgIpc) is 2.55. The van der Waals surface area contributed by atoms with Gasteiger partial charge >= 0.3 is 0 Å². The van der Waals surface area contributed by atoms with Crippen LogP contribution in [0.4, 0.5) is 5.69 Å². The predicted octanol–water partition coefficient (Wildman–Crippen LogP) is 2.84. The van der Waals surface area contributed by atoms with Crippen molar-refractivity contribution in [3.63, 3.8) is 0 Å². The number of aliphatic hydroxyl groups is 1. The topological polar surface area (TPSA) is 52.6 Å². The number of nitrogens with zero attached hydrogens (tertiary/aromatic N) is 1. The molecule has 0 radical (unpaired) electrons. The molecule has 0 aromatic heterocycles. The molecular formula is C19H30N2O2. The molecule has 1 heterocycles. The van der Waals surface area contributed by atoms with E-state index in [9.17, 15) is 9.90 Å². The van der Waals surface area contributed by atoms with E-state index in [1.54, 1.807) is 0 Å². The van der Waals surface area contributed by atoms with Crippen molar-refractivity contribution in [1.29, 1.82) is 0 Å². The molecular weight excluding hydrogens is 288 g/mol. The first-order valence-electron chi connectivity index (χ1n) is 8.86. The van der Waals surface area contributed by atoms with E-state index < -0.39 is 0 Å². The zero-order valence-corrected chi connectivity index (χ0v) is 14.6. The molecule has 1 saturated heterocycles. The van der Waals surface area contributed by atoms with Crippen molar-refractivity contribution >= 4 is 11.6 Å². The number of nitrogens with one attached hydrogen (secondary N) is 1. The van der Waals surface area contributed by atoms with Crippen molar-refractivity contribution in [2.45, 2.75) is 52.5 Å². The molecule has 4 heteroatoms. The molecule has 2 rings (SSSR count). The van der Waals surface area contributed by atoms with Gasteiger partial charge in [-0.2, -0.15) is 0 Å². The van der Waals surface area contributed by atoms with Gasteiger partial charge in [-0.25, -0.2) is 0 Å². The van der Waals surface area contributed by atoms with Crippen molar-refractivity contribution in [2.24, 2.45) is 5.92 Å². The Morgan fingerprint density at radius 1 is 1.30 bits per heavy atom. The fourth-order valence-electron chi connectivity index (χ4n) is 3.59. The Morgan fingerprint density at radius 3 is 2.52 bits per heavy atom. The lowest BCUT2D eigenvalue weighted by molar-refractivity contribution is -0.118. The highest BCUT2D eigenvalue weighted by atomic mass is 16.3. The normalized spacial score (nSPS) is 22.1. The fraction of sp³-hybridized carbons (Fsp3) is 0.632. The van der Waals surface area contributed by atoms with Gasteiger partial charge in [0.05, 0.1) is 13.2 Å². The zero-order chi connectivity index (χ0) is 16.8. The van der Waals surface area contributed by atoms with Crippen molar-refractivity contribution in [2.75, 3.05) is 25.0 Å². The smallest absolute Gasteiger partial charge is 0.238 e. The van der Waals surface area contributed by atoms with Gasteiger partial charge in [0.1, 0.15) is 0 Å². The predicted molar refractivity (Wildman–Crippen MR) is 94.7 cm³/mol. The molecule has 0 aliphatic carbocycles. The van der Waals surface area contributed by atoms with Crippen molar-refractivity contribution in [3.8, 4) is 0 Å². The Hall–Kier alpha value is -1.39. The third-order valence-corrected chi connectivity index (χ3v) is 5.03. The molecule has 23 heavy (non-hydrogen) atoms. The molecule has 4 nitrogen and oxygen atoms in total. The Labute approximate surface area is 139 Å². The molecule has 1 aliphatic heterocycles. The third-order valence-electron chi connectivity index (χ3n) is 5.03. The summed E-state index contributed by atoms with van der Waals surface area (Å²) in [6, 6.07) is 6.31. The number of likely N-dealkylation sites (tertiary alicyclic amines) is 1. The van der Waals surface area contributed by atoms with Gasteiger partial charge in [0.25, 0.3) is 0 Å². The molecule has 2 atom stereocenters. The Kier molecular flexibility index (Phi) is 6.60. The first-order chi connectivity index (χ1) is 11.1. The second kappa shape index (κ2) is 8.46. The number of piperidine rings is 1. The number of rotatable bonds is 6. The van der Waals surface area contributed by atoms with Crippen LogP contribution >= 0.6 is 0 Å². The lowest BCUT2D eigenvalue weighted by Crippen LogP contribution is -2.49. The Morgan fingerprint density at radius 2 is 1.96 bits per heavy atom. The van der Waals surface area contributed by atoms with Crippen molar-refractivity contribution in [3.05, 3.63) is 29.3 Å². The standard InChI is InChI=1S/C19H30N2O2/c1-4-15-9-6-10-16(5-2)19(15)20-18(23)12-21-11-7-8-14(3)17(21)13-22/h6,9-10,14,17,22H,4-5,7-8,11-13H2,1-3H3,(H,20,23). The maximum Gasteiger partial charge on any atom is 0.238 e. The molecule has 1 aromatic carbocycles. The summed E-state index contributed by atoms with van der Waals surface area (Å²) in [6.07, 6.45) is 4.03. The highest BCUT2D eigenvalue weighted by Crippen LogP contribution is 2.24.